The number of benzene rings is 1. The van der Waals surface area contributed by atoms with Crippen LogP contribution in [0.5, 0.6) is 5.75 Å². The lowest BCUT2D eigenvalue weighted by Gasteiger charge is -2.09. The smallest absolute Gasteiger partial charge is 0.172 e. The molecular weight excluding hydrogens is 336 g/mol. The average Bonchev–Trinajstić information content (AvgIpc) is 2.94. The van der Waals surface area contributed by atoms with E-state index in [2.05, 4.69) is 15.9 Å². The fourth-order valence-corrected chi connectivity index (χ4v) is 2.90. The standard InChI is InChI=1S/C16H17BrO2S/c1-11-9-13(10-12(2)16(11)17)19-7-3-5-14(18)15-6-4-8-20-15/h4,6,8-10H,3,5,7H2,1-2H3. The van der Waals surface area contributed by atoms with E-state index in [0.29, 0.717) is 13.0 Å². The summed E-state index contributed by atoms with van der Waals surface area (Å²) in [4.78, 5) is 12.7. The minimum Gasteiger partial charge on any atom is -0.494 e. The minimum atomic E-state index is 0.201. The molecule has 0 aliphatic carbocycles. The van der Waals surface area contributed by atoms with Gasteiger partial charge in [-0.25, -0.2) is 0 Å². The van der Waals surface area contributed by atoms with Crippen molar-refractivity contribution >= 4 is 33.0 Å². The molecule has 0 radical (unpaired) electrons. The Morgan fingerprint density at radius 3 is 2.60 bits per heavy atom. The van der Waals surface area contributed by atoms with E-state index in [1.165, 1.54) is 11.3 Å². The molecule has 0 bridgehead atoms. The van der Waals surface area contributed by atoms with Crippen molar-refractivity contribution in [3.63, 3.8) is 0 Å². The SMILES string of the molecule is Cc1cc(OCCCC(=O)c2cccs2)cc(C)c1Br. The monoisotopic (exact) mass is 352 g/mol. The van der Waals surface area contributed by atoms with Gasteiger partial charge < -0.3 is 4.74 Å². The van der Waals surface area contributed by atoms with Gasteiger partial charge in [-0.3, -0.25) is 4.79 Å². The van der Waals surface area contributed by atoms with Crippen molar-refractivity contribution < 1.29 is 9.53 Å². The summed E-state index contributed by atoms with van der Waals surface area (Å²) in [6.07, 6.45) is 1.28. The van der Waals surface area contributed by atoms with Gasteiger partial charge in [0.15, 0.2) is 5.78 Å². The molecule has 106 valence electrons. The fourth-order valence-electron chi connectivity index (χ4n) is 1.97. The maximum Gasteiger partial charge on any atom is 0.172 e. The Kier molecular flexibility index (Phi) is 5.38. The van der Waals surface area contributed by atoms with Gasteiger partial charge in [0.05, 0.1) is 11.5 Å². The maximum atomic E-state index is 11.8. The number of hydrogen-bond donors (Lipinski definition) is 0. The first-order chi connectivity index (χ1) is 9.58. The highest BCUT2D eigenvalue weighted by molar-refractivity contribution is 9.10. The Labute approximate surface area is 131 Å². The van der Waals surface area contributed by atoms with E-state index in [1.54, 1.807) is 0 Å². The van der Waals surface area contributed by atoms with Crippen molar-refractivity contribution in [3.8, 4) is 5.75 Å². The average molecular weight is 353 g/mol. The predicted octanol–water partition coefficient (Wildman–Crippen LogP) is 5.17. The predicted molar refractivity (Wildman–Crippen MR) is 87.0 cm³/mol. The molecule has 0 aliphatic heterocycles. The first-order valence-electron chi connectivity index (χ1n) is 6.54. The number of ketones is 1. The van der Waals surface area contributed by atoms with Crippen LogP contribution in [0, 0.1) is 13.8 Å². The number of ether oxygens (including phenoxy) is 1. The van der Waals surface area contributed by atoms with Gasteiger partial charge in [-0.2, -0.15) is 0 Å². The summed E-state index contributed by atoms with van der Waals surface area (Å²) in [6, 6.07) is 7.80. The minimum absolute atomic E-state index is 0.201. The van der Waals surface area contributed by atoms with Gasteiger partial charge in [0, 0.05) is 10.9 Å². The third kappa shape index (κ3) is 3.93. The molecule has 2 nitrogen and oxygen atoms in total. The molecule has 0 aliphatic rings. The van der Waals surface area contributed by atoms with Crippen LogP contribution in [0.2, 0.25) is 0 Å². The van der Waals surface area contributed by atoms with Crippen molar-refractivity contribution in [3.05, 3.63) is 50.1 Å². The number of carbonyl (C=O) groups excluding carboxylic acids is 1. The van der Waals surface area contributed by atoms with Crippen molar-refractivity contribution in [1.29, 1.82) is 0 Å². The zero-order valence-corrected chi connectivity index (χ0v) is 14.0. The fraction of sp³-hybridized carbons (Fsp3) is 0.312. The molecule has 0 spiro atoms. The second kappa shape index (κ2) is 7.04. The Morgan fingerprint density at radius 1 is 1.30 bits per heavy atom. The summed E-state index contributed by atoms with van der Waals surface area (Å²) >= 11 is 5.03. The lowest BCUT2D eigenvalue weighted by atomic mass is 10.1. The zero-order chi connectivity index (χ0) is 14.5. The Hall–Kier alpha value is -1.13. The van der Waals surface area contributed by atoms with Crippen LogP contribution in [0.3, 0.4) is 0 Å². The molecule has 0 unspecified atom stereocenters. The molecule has 2 rings (SSSR count). The van der Waals surface area contributed by atoms with Crippen LogP contribution in [0.1, 0.15) is 33.6 Å². The summed E-state index contributed by atoms with van der Waals surface area (Å²) in [5, 5.41) is 1.93. The number of halogens is 1. The quantitative estimate of drug-likeness (QED) is 0.529. The number of hydrogen-bond acceptors (Lipinski definition) is 3. The second-order valence-electron chi connectivity index (χ2n) is 4.72. The molecule has 0 amide bonds. The molecule has 1 heterocycles. The maximum absolute atomic E-state index is 11.8. The molecule has 0 fully saturated rings. The highest BCUT2D eigenvalue weighted by Gasteiger charge is 2.07. The van der Waals surface area contributed by atoms with E-state index in [4.69, 9.17) is 4.74 Å². The van der Waals surface area contributed by atoms with Crippen LogP contribution in [0.15, 0.2) is 34.1 Å². The highest BCUT2D eigenvalue weighted by Crippen LogP contribution is 2.26. The lowest BCUT2D eigenvalue weighted by molar-refractivity contribution is 0.0977. The summed E-state index contributed by atoms with van der Waals surface area (Å²) < 4.78 is 6.84. The number of aryl methyl sites for hydroxylation is 2. The van der Waals surface area contributed by atoms with E-state index in [-0.39, 0.29) is 5.78 Å². The van der Waals surface area contributed by atoms with Crippen LogP contribution >= 0.6 is 27.3 Å². The molecule has 2 aromatic rings. The Balaban J connectivity index is 1.80. The van der Waals surface area contributed by atoms with E-state index in [1.807, 2.05) is 43.5 Å². The largest absolute Gasteiger partial charge is 0.494 e. The van der Waals surface area contributed by atoms with Crippen molar-refractivity contribution in [2.75, 3.05) is 6.61 Å². The van der Waals surface area contributed by atoms with Crippen LogP contribution < -0.4 is 4.74 Å². The number of rotatable bonds is 6. The van der Waals surface area contributed by atoms with Crippen LogP contribution in [0.25, 0.3) is 0 Å². The highest BCUT2D eigenvalue weighted by atomic mass is 79.9. The van der Waals surface area contributed by atoms with Gasteiger partial charge in [-0.15, -0.1) is 11.3 Å². The molecule has 0 atom stereocenters. The number of thiophene rings is 1. The molecule has 0 saturated carbocycles. The molecule has 4 heteroatoms. The normalized spacial score (nSPS) is 10.6. The first kappa shape index (κ1) is 15.3. The van der Waals surface area contributed by atoms with Gasteiger partial charge in [-0.1, -0.05) is 22.0 Å². The number of carbonyl (C=O) groups is 1. The third-order valence-electron chi connectivity index (χ3n) is 3.02. The second-order valence-corrected chi connectivity index (χ2v) is 6.46. The lowest BCUT2D eigenvalue weighted by Crippen LogP contribution is -2.03. The molecule has 1 aromatic heterocycles. The summed E-state index contributed by atoms with van der Waals surface area (Å²) in [7, 11) is 0. The van der Waals surface area contributed by atoms with Crippen molar-refractivity contribution in [2.45, 2.75) is 26.7 Å². The van der Waals surface area contributed by atoms with E-state index in [9.17, 15) is 4.79 Å². The van der Waals surface area contributed by atoms with E-state index < -0.39 is 0 Å². The Morgan fingerprint density at radius 2 is 2.00 bits per heavy atom. The van der Waals surface area contributed by atoms with Gasteiger partial charge >= 0.3 is 0 Å². The topological polar surface area (TPSA) is 26.3 Å². The van der Waals surface area contributed by atoms with Gasteiger partial charge in [0.25, 0.3) is 0 Å². The Bertz CT molecular complexity index is 568. The summed E-state index contributed by atoms with van der Waals surface area (Å²) in [6.45, 7) is 4.66. The van der Waals surface area contributed by atoms with Crippen molar-refractivity contribution in [2.24, 2.45) is 0 Å². The summed E-state index contributed by atoms with van der Waals surface area (Å²) in [5.41, 5.74) is 2.32. The zero-order valence-electron chi connectivity index (χ0n) is 11.6. The van der Waals surface area contributed by atoms with Crippen LogP contribution in [0.4, 0.5) is 0 Å². The molecule has 1 aromatic carbocycles. The number of Topliss-reactive ketones (excluding diaryl/α,β-unsaturated/α-hetero) is 1. The van der Waals surface area contributed by atoms with Crippen molar-refractivity contribution in [1.82, 2.24) is 0 Å². The molecule has 0 N–H and O–H groups in total. The van der Waals surface area contributed by atoms with Gasteiger partial charge in [0.1, 0.15) is 5.75 Å². The third-order valence-corrected chi connectivity index (χ3v) is 5.18. The molecule has 0 saturated heterocycles. The molecular formula is C16H17BrO2S. The summed E-state index contributed by atoms with van der Waals surface area (Å²) in [5.74, 6) is 1.07. The molecule has 20 heavy (non-hydrogen) atoms. The van der Waals surface area contributed by atoms with Crippen LogP contribution in [-0.2, 0) is 0 Å². The first-order valence-corrected chi connectivity index (χ1v) is 8.21. The van der Waals surface area contributed by atoms with Gasteiger partial charge in [-0.05, 0) is 55.0 Å². The van der Waals surface area contributed by atoms with Crippen LogP contribution in [-0.4, -0.2) is 12.4 Å². The van der Waals surface area contributed by atoms with Gasteiger partial charge in [0.2, 0.25) is 0 Å². The van der Waals surface area contributed by atoms with E-state index in [0.717, 1.165) is 32.6 Å². The van der Waals surface area contributed by atoms with E-state index >= 15 is 0 Å².